The number of carbonyl (C=O) groups is 2. The average Bonchev–Trinajstić information content (AvgIpc) is 2.45. The van der Waals surface area contributed by atoms with E-state index in [1.807, 2.05) is 18.2 Å². The molecule has 2 amide bonds. The average molecular weight is 272 g/mol. The van der Waals surface area contributed by atoms with Gasteiger partial charge in [-0.1, -0.05) is 30.2 Å². The van der Waals surface area contributed by atoms with Gasteiger partial charge in [0.15, 0.2) is 0 Å². The van der Waals surface area contributed by atoms with Gasteiger partial charge in [0.1, 0.15) is 0 Å². The van der Waals surface area contributed by atoms with Crippen LogP contribution in [0.3, 0.4) is 0 Å². The molecule has 1 aliphatic heterocycles. The van der Waals surface area contributed by atoms with E-state index in [0.717, 1.165) is 11.1 Å². The number of carboxylic acids is 1. The Morgan fingerprint density at radius 1 is 1.50 bits per heavy atom. The minimum Gasteiger partial charge on any atom is -0.481 e. The summed E-state index contributed by atoms with van der Waals surface area (Å²) >= 11 is 0. The number of amides is 2. The highest BCUT2D eigenvalue weighted by Crippen LogP contribution is 2.28. The molecule has 0 fully saturated rings. The second kappa shape index (κ2) is 5.66. The molecule has 5 nitrogen and oxygen atoms in total. The molecule has 5 heteroatoms. The third-order valence-electron chi connectivity index (χ3n) is 3.42. The summed E-state index contributed by atoms with van der Waals surface area (Å²) in [6.07, 6.45) is 5.19. The van der Waals surface area contributed by atoms with E-state index in [-0.39, 0.29) is 19.1 Å². The summed E-state index contributed by atoms with van der Waals surface area (Å²) in [5, 5.41) is 9.34. The molecule has 1 heterocycles. The van der Waals surface area contributed by atoms with Crippen molar-refractivity contribution in [1.82, 2.24) is 9.80 Å². The van der Waals surface area contributed by atoms with Crippen molar-refractivity contribution in [1.29, 1.82) is 0 Å². The van der Waals surface area contributed by atoms with Gasteiger partial charge in [0.2, 0.25) is 0 Å². The molecule has 2 rings (SSSR count). The van der Waals surface area contributed by atoms with E-state index in [1.165, 1.54) is 9.80 Å². The summed E-state index contributed by atoms with van der Waals surface area (Å²) in [6.45, 7) is 0.780. The Labute approximate surface area is 117 Å². The smallest absolute Gasteiger partial charge is 0.320 e. The lowest BCUT2D eigenvalue weighted by Crippen LogP contribution is -2.46. The summed E-state index contributed by atoms with van der Waals surface area (Å²) in [6, 6.07) is 7.07. The Hall–Kier alpha value is -2.48. The molecule has 0 spiro atoms. The number of nitrogens with zero attached hydrogens (tertiary/aromatic N) is 2. The van der Waals surface area contributed by atoms with Crippen molar-refractivity contribution in [3.8, 4) is 12.3 Å². The van der Waals surface area contributed by atoms with E-state index in [2.05, 4.69) is 5.92 Å². The highest BCUT2D eigenvalue weighted by molar-refractivity contribution is 5.81. The van der Waals surface area contributed by atoms with Crippen LogP contribution in [0.1, 0.15) is 17.0 Å². The first-order valence-corrected chi connectivity index (χ1v) is 6.28. The fraction of sp³-hybridized carbons (Fsp3) is 0.333. The number of urea groups is 1. The molecule has 104 valence electrons. The Morgan fingerprint density at radius 3 is 2.85 bits per heavy atom. The molecule has 1 aliphatic rings. The summed E-state index contributed by atoms with van der Waals surface area (Å²) in [4.78, 5) is 26.6. The molecule has 0 aromatic heterocycles. The number of carbonyl (C=O) groups excluding carboxylic acids is 1. The normalized spacial score (nSPS) is 17.0. The van der Waals surface area contributed by atoms with Crippen LogP contribution >= 0.6 is 0 Å². The lowest BCUT2D eigenvalue weighted by molar-refractivity contribution is -0.139. The van der Waals surface area contributed by atoms with Crippen LogP contribution in [0.25, 0.3) is 0 Å². The van der Waals surface area contributed by atoms with Crippen LogP contribution < -0.4 is 0 Å². The van der Waals surface area contributed by atoms with Gasteiger partial charge >= 0.3 is 12.0 Å². The van der Waals surface area contributed by atoms with Crippen LogP contribution in [0.2, 0.25) is 0 Å². The number of fused-ring (bicyclic) bond motifs is 1. The summed E-state index contributed by atoms with van der Waals surface area (Å²) < 4.78 is 0. The lowest BCUT2D eigenvalue weighted by Gasteiger charge is -2.34. The quantitative estimate of drug-likeness (QED) is 0.827. The molecule has 1 atom stereocenters. The first kappa shape index (κ1) is 13.9. The van der Waals surface area contributed by atoms with Gasteiger partial charge < -0.3 is 14.9 Å². The van der Waals surface area contributed by atoms with Crippen molar-refractivity contribution in [2.75, 3.05) is 20.1 Å². The van der Waals surface area contributed by atoms with Gasteiger partial charge in [-0.25, -0.2) is 4.79 Å². The first-order valence-electron chi connectivity index (χ1n) is 6.28. The van der Waals surface area contributed by atoms with Gasteiger partial charge in [0.05, 0.1) is 12.5 Å². The Morgan fingerprint density at radius 2 is 2.20 bits per heavy atom. The Kier molecular flexibility index (Phi) is 3.94. The number of aliphatic carboxylic acids is 1. The molecular formula is C15H16N2O3. The Bertz CT molecular complexity index is 577. The largest absolute Gasteiger partial charge is 0.481 e. The van der Waals surface area contributed by atoms with Gasteiger partial charge in [0.25, 0.3) is 0 Å². The molecule has 1 aromatic rings. The zero-order valence-electron chi connectivity index (χ0n) is 11.2. The van der Waals surface area contributed by atoms with Crippen LogP contribution in [-0.2, 0) is 11.3 Å². The summed E-state index contributed by atoms with van der Waals surface area (Å²) in [7, 11) is 1.61. The fourth-order valence-electron chi connectivity index (χ4n) is 2.41. The zero-order chi connectivity index (χ0) is 14.7. The molecule has 0 saturated heterocycles. The van der Waals surface area contributed by atoms with Crippen LogP contribution in [0.4, 0.5) is 4.79 Å². The van der Waals surface area contributed by atoms with Crippen LogP contribution in [0.15, 0.2) is 24.3 Å². The maximum atomic E-state index is 12.2. The zero-order valence-corrected chi connectivity index (χ0v) is 11.2. The highest BCUT2D eigenvalue weighted by atomic mass is 16.4. The summed E-state index contributed by atoms with van der Waals surface area (Å²) in [5.41, 5.74) is 1.65. The van der Waals surface area contributed by atoms with E-state index in [4.69, 9.17) is 6.42 Å². The van der Waals surface area contributed by atoms with E-state index in [1.54, 1.807) is 13.1 Å². The number of hydrogen-bond donors (Lipinski definition) is 1. The van der Waals surface area contributed by atoms with Gasteiger partial charge in [-0.2, -0.15) is 0 Å². The predicted octanol–water partition coefficient (Wildman–Crippen LogP) is 1.36. The lowest BCUT2D eigenvalue weighted by atomic mass is 9.90. The monoisotopic (exact) mass is 272 g/mol. The number of rotatable bonds is 2. The maximum Gasteiger partial charge on any atom is 0.320 e. The van der Waals surface area contributed by atoms with Crippen LogP contribution in [0, 0.1) is 12.3 Å². The van der Waals surface area contributed by atoms with Gasteiger partial charge in [-0.3, -0.25) is 4.79 Å². The number of terminal acetylenes is 1. The number of carboxylic acid groups (broad SMARTS) is 1. The van der Waals surface area contributed by atoms with Crippen molar-refractivity contribution in [2.45, 2.75) is 12.5 Å². The van der Waals surface area contributed by atoms with Crippen molar-refractivity contribution in [2.24, 2.45) is 0 Å². The minimum absolute atomic E-state index is 0.167. The van der Waals surface area contributed by atoms with E-state index >= 15 is 0 Å². The highest BCUT2D eigenvalue weighted by Gasteiger charge is 2.33. The molecule has 1 N–H and O–H groups in total. The first-order chi connectivity index (χ1) is 9.54. The second-order valence-corrected chi connectivity index (χ2v) is 4.81. The van der Waals surface area contributed by atoms with Crippen molar-refractivity contribution < 1.29 is 14.7 Å². The van der Waals surface area contributed by atoms with Crippen LogP contribution in [-0.4, -0.2) is 47.0 Å². The molecular weight excluding hydrogens is 256 g/mol. The standard InChI is InChI=1S/C15H16N2O3/c1-3-8-16(2)15(20)17-9-11-6-4-5-7-12(11)13(10-17)14(18)19/h1,4-7,13H,8-10H2,2H3,(H,18,19). The third-order valence-corrected chi connectivity index (χ3v) is 3.42. The molecule has 0 saturated carbocycles. The van der Waals surface area contributed by atoms with E-state index in [9.17, 15) is 14.7 Å². The SMILES string of the molecule is C#CCN(C)C(=O)N1Cc2ccccc2C(C(=O)O)C1. The molecule has 0 aliphatic carbocycles. The summed E-state index contributed by atoms with van der Waals surface area (Å²) in [5.74, 6) is 0.789. The topological polar surface area (TPSA) is 60.9 Å². The van der Waals surface area contributed by atoms with E-state index < -0.39 is 11.9 Å². The molecule has 1 aromatic carbocycles. The van der Waals surface area contributed by atoms with Crippen molar-refractivity contribution in [3.63, 3.8) is 0 Å². The van der Waals surface area contributed by atoms with Gasteiger partial charge in [-0.15, -0.1) is 6.42 Å². The Balaban J connectivity index is 2.27. The third kappa shape index (κ3) is 2.59. The second-order valence-electron chi connectivity index (χ2n) is 4.81. The predicted molar refractivity (Wildman–Crippen MR) is 74.1 cm³/mol. The van der Waals surface area contributed by atoms with E-state index in [0.29, 0.717) is 6.54 Å². The van der Waals surface area contributed by atoms with Crippen molar-refractivity contribution in [3.05, 3.63) is 35.4 Å². The minimum atomic E-state index is -0.922. The van der Waals surface area contributed by atoms with Gasteiger partial charge in [0, 0.05) is 20.1 Å². The maximum absolute atomic E-state index is 12.2. The number of benzene rings is 1. The molecule has 20 heavy (non-hydrogen) atoms. The fourth-order valence-corrected chi connectivity index (χ4v) is 2.41. The van der Waals surface area contributed by atoms with Crippen LogP contribution in [0.5, 0.6) is 0 Å². The van der Waals surface area contributed by atoms with Gasteiger partial charge in [-0.05, 0) is 11.1 Å². The molecule has 1 unspecified atom stereocenters. The number of hydrogen-bond acceptors (Lipinski definition) is 2. The van der Waals surface area contributed by atoms with Crippen molar-refractivity contribution >= 4 is 12.0 Å². The molecule has 0 radical (unpaired) electrons. The molecule has 0 bridgehead atoms.